The second kappa shape index (κ2) is 14.1. The summed E-state index contributed by atoms with van der Waals surface area (Å²) in [5.41, 5.74) is 5.15. The van der Waals surface area contributed by atoms with Crippen molar-refractivity contribution in [3.63, 3.8) is 0 Å². The van der Waals surface area contributed by atoms with Gasteiger partial charge in [-0.2, -0.15) is 11.8 Å². The average molecular weight is 609 g/mol. The summed E-state index contributed by atoms with van der Waals surface area (Å²) >= 11 is 8.04. The van der Waals surface area contributed by atoms with Gasteiger partial charge in [-0.05, 0) is 91.5 Å². The molecule has 0 aliphatic heterocycles. The van der Waals surface area contributed by atoms with Crippen LogP contribution in [0.3, 0.4) is 0 Å². The van der Waals surface area contributed by atoms with Gasteiger partial charge in [0.15, 0.2) is 0 Å². The third kappa shape index (κ3) is 8.72. The fourth-order valence-electron chi connectivity index (χ4n) is 5.36. The Hall–Kier alpha value is -2.12. The Labute approximate surface area is 279 Å². The van der Waals surface area contributed by atoms with Crippen molar-refractivity contribution in [3.05, 3.63) is 112 Å². The molecule has 1 fully saturated rings. The van der Waals surface area contributed by atoms with Gasteiger partial charge in [0.25, 0.3) is 0 Å². The van der Waals surface area contributed by atoms with Gasteiger partial charge in [0.1, 0.15) is 0 Å². The standard InChI is InChI=1S/C35H36ClNO3S.Na/c1-34(2,40)30-9-4-3-7-25(30)13-17-32(41-23-35(18-19-35)22-33(38)39)27-8-5-6-24(20-27)10-15-29-16-12-26-11-14-28(36)21-31(26)37-29;/h3-12,14-16,20-21,32,40H,13,17-19,22-23H2,1-2H3,(H,38,39);. The maximum absolute atomic E-state index is 11.5. The number of benzene rings is 3. The number of aromatic nitrogens is 1. The van der Waals surface area contributed by atoms with Crippen molar-refractivity contribution in [2.24, 2.45) is 5.41 Å². The van der Waals surface area contributed by atoms with Gasteiger partial charge < -0.3 is 10.2 Å². The number of carboxylic acid groups (broad SMARTS) is 1. The van der Waals surface area contributed by atoms with Crippen molar-refractivity contribution in [1.82, 2.24) is 4.98 Å². The second-order valence-corrected chi connectivity index (χ2v) is 13.3. The molecule has 0 saturated heterocycles. The number of carbonyl (C=O) groups is 1. The summed E-state index contributed by atoms with van der Waals surface area (Å²) in [6, 6.07) is 26.5. The van der Waals surface area contributed by atoms with Gasteiger partial charge in [0.05, 0.1) is 23.2 Å². The fraction of sp³-hybridized carbons (Fsp3) is 0.314. The summed E-state index contributed by atoms with van der Waals surface area (Å²) in [7, 11) is 0. The number of hydrogen-bond acceptors (Lipinski definition) is 4. The first-order valence-electron chi connectivity index (χ1n) is 14.1. The molecular weight excluding hydrogens is 573 g/mol. The predicted molar refractivity (Wildman–Crippen MR) is 177 cm³/mol. The molecule has 5 rings (SSSR count). The molecule has 42 heavy (non-hydrogen) atoms. The van der Waals surface area contributed by atoms with E-state index in [-0.39, 0.29) is 46.6 Å². The van der Waals surface area contributed by atoms with E-state index in [0.29, 0.717) is 5.02 Å². The van der Waals surface area contributed by atoms with Crippen molar-refractivity contribution in [2.75, 3.05) is 5.75 Å². The van der Waals surface area contributed by atoms with E-state index >= 15 is 0 Å². The zero-order valence-corrected chi connectivity index (χ0v) is 28.1. The normalized spacial score (nSPS) is 15.0. The molecule has 0 spiro atoms. The first kappa shape index (κ1) is 32.8. The topological polar surface area (TPSA) is 70.4 Å². The Morgan fingerprint density at radius 1 is 1.05 bits per heavy atom. The number of hydrogen-bond donors (Lipinski definition) is 2. The zero-order valence-electron chi connectivity index (χ0n) is 24.5. The van der Waals surface area contributed by atoms with Crippen LogP contribution in [0.15, 0.2) is 78.9 Å². The SMILES string of the molecule is CC(C)(O)c1ccccc1CCC(SCC1(CC(=O)O)CC1)c1cccc(C=Cc2ccc3ccc(Cl)cc3n2)c1.[Na]. The number of nitrogens with zero attached hydrogens (tertiary/aromatic N) is 1. The Morgan fingerprint density at radius 2 is 1.81 bits per heavy atom. The molecule has 3 aromatic carbocycles. The molecule has 1 aliphatic carbocycles. The summed E-state index contributed by atoms with van der Waals surface area (Å²) in [4.78, 5) is 16.2. The molecular formula is C35H36ClNNaO3S. The minimum atomic E-state index is -0.911. The molecule has 1 aliphatic rings. The number of carboxylic acids is 1. The van der Waals surface area contributed by atoms with Crippen molar-refractivity contribution >= 4 is 81.9 Å². The van der Waals surface area contributed by atoms with Crippen molar-refractivity contribution < 1.29 is 15.0 Å². The van der Waals surface area contributed by atoms with Crippen LogP contribution in [-0.2, 0) is 16.8 Å². The first-order chi connectivity index (χ1) is 19.6. The van der Waals surface area contributed by atoms with Crippen molar-refractivity contribution in [2.45, 2.75) is 56.8 Å². The van der Waals surface area contributed by atoms with Crippen LogP contribution in [0, 0.1) is 5.41 Å². The molecule has 4 aromatic rings. The van der Waals surface area contributed by atoms with Crippen LogP contribution in [-0.4, -0.2) is 56.5 Å². The second-order valence-electron chi connectivity index (χ2n) is 11.7. The van der Waals surface area contributed by atoms with Crippen LogP contribution >= 0.6 is 23.4 Å². The van der Waals surface area contributed by atoms with Crippen LogP contribution in [0.4, 0.5) is 0 Å². The Kier molecular flexibility index (Phi) is 11.0. The summed E-state index contributed by atoms with van der Waals surface area (Å²) in [6.07, 6.45) is 8.02. The van der Waals surface area contributed by atoms with E-state index in [1.807, 2.05) is 74.1 Å². The zero-order chi connectivity index (χ0) is 29.0. The van der Waals surface area contributed by atoms with Gasteiger partial charge in [-0.15, -0.1) is 0 Å². The summed E-state index contributed by atoms with van der Waals surface area (Å²) in [5, 5.41) is 22.1. The number of thioether (sulfide) groups is 1. The van der Waals surface area contributed by atoms with Crippen molar-refractivity contribution in [1.29, 1.82) is 0 Å². The van der Waals surface area contributed by atoms with Gasteiger partial charge in [-0.25, -0.2) is 4.98 Å². The van der Waals surface area contributed by atoms with E-state index in [9.17, 15) is 15.0 Å². The molecule has 0 bridgehead atoms. The molecule has 1 radical (unpaired) electrons. The Morgan fingerprint density at radius 3 is 2.55 bits per heavy atom. The molecule has 1 aromatic heterocycles. The van der Waals surface area contributed by atoms with Crippen molar-refractivity contribution in [3.8, 4) is 0 Å². The number of aryl methyl sites for hydroxylation is 1. The van der Waals surface area contributed by atoms with E-state index in [4.69, 9.17) is 16.6 Å². The van der Waals surface area contributed by atoms with Gasteiger partial charge in [0, 0.05) is 51.0 Å². The quantitative estimate of drug-likeness (QED) is 0.158. The van der Waals surface area contributed by atoms with Gasteiger partial charge in [-0.1, -0.05) is 78.3 Å². The van der Waals surface area contributed by atoms with E-state index in [2.05, 4.69) is 42.5 Å². The maximum Gasteiger partial charge on any atom is 0.303 e. The van der Waals surface area contributed by atoms with Crippen LogP contribution in [0.5, 0.6) is 0 Å². The number of fused-ring (bicyclic) bond motifs is 1. The van der Waals surface area contributed by atoms with E-state index in [1.54, 1.807) is 0 Å². The van der Waals surface area contributed by atoms with Crippen LogP contribution in [0.1, 0.15) is 72.7 Å². The summed E-state index contributed by atoms with van der Waals surface area (Å²) in [6.45, 7) is 3.66. The summed E-state index contributed by atoms with van der Waals surface area (Å²) < 4.78 is 0. The fourth-order valence-corrected chi connectivity index (χ4v) is 7.09. The van der Waals surface area contributed by atoms with Gasteiger partial charge in [-0.3, -0.25) is 4.79 Å². The Balaban J connectivity index is 0.00000405. The van der Waals surface area contributed by atoms with Crippen LogP contribution < -0.4 is 0 Å². The summed E-state index contributed by atoms with van der Waals surface area (Å²) in [5.74, 6) is 0.122. The first-order valence-corrected chi connectivity index (χ1v) is 15.5. The predicted octanol–water partition coefficient (Wildman–Crippen LogP) is 8.57. The average Bonchev–Trinajstić information content (AvgIpc) is 3.70. The molecule has 7 heteroatoms. The molecule has 1 unspecified atom stereocenters. The minimum Gasteiger partial charge on any atom is -0.481 e. The van der Waals surface area contributed by atoms with Gasteiger partial charge >= 0.3 is 5.97 Å². The third-order valence-corrected chi connectivity index (χ3v) is 9.76. The van der Waals surface area contributed by atoms with Gasteiger partial charge in [0.2, 0.25) is 0 Å². The number of aliphatic hydroxyl groups is 1. The monoisotopic (exact) mass is 608 g/mol. The Bertz CT molecular complexity index is 1580. The molecule has 2 N–H and O–H groups in total. The molecule has 1 heterocycles. The van der Waals surface area contributed by atoms with E-state index in [1.165, 1.54) is 5.56 Å². The third-order valence-electron chi connectivity index (χ3n) is 7.83. The van der Waals surface area contributed by atoms with Crippen LogP contribution in [0.2, 0.25) is 5.02 Å². The number of halogens is 1. The minimum absolute atomic E-state index is 0. The molecule has 1 saturated carbocycles. The molecule has 213 valence electrons. The molecule has 1 atom stereocenters. The molecule has 4 nitrogen and oxygen atoms in total. The number of rotatable bonds is 12. The van der Waals surface area contributed by atoms with Crippen LogP contribution in [0.25, 0.3) is 23.1 Å². The number of aliphatic carboxylic acids is 1. The molecule has 0 amide bonds. The smallest absolute Gasteiger partial charge is 0.303 e. The van der Waals surface area contributed by atoms with E-state index < -0.39 is 11.6 Å². The van der Waals surface area contributed by atoms with E-state index in [0.717, 1.165) is 64.7 Å². The maximum atomic E-state index is 11.5. The number of pyridine rings is 1. The largest absolute Gasteiger partial charge is 0.481 e.